The number of morpholine rings is 1. The van der Waals surface area contributed by atoms with Crippen LogP contribution in [0.2, 0.25) is 0 Å². The molecule has 2 aliphatic heterocycles. The van der Waals surface area contributed by atoms with Crippen molar-refractivity contribution in [2.45, 2.75) is 25.0 Å². The van der Waals surface area contributed by atoms with Crippen molar-refractivity contribution in [2.24, 2.45) is 4.99 Å². The van der Waals surface area contributed by atoms with Gasteiger partial charge in [0.15, 0.2) is 5.96 Å². The van der Waals surface area contributed by atoms with Crippen molar-refractivity contribution >= 4 is 5.96 Å². The van der Waals surface area contributed by atoms with Gasteiger partial charge in [0.1, 0.15) is 6.10 Å². The van der Waals surface area contributed by atoms with Gasteiger partial charge in [-0.1, -0.05) is 0 Å². The van der Waals surface area contributed by atoms with Gasteiger partial charge in [-0.3, -0.25) is 4.99 Å². The van der Waals surface area contributed by atoms with E-state index in [9.17, 15) is 0 Å². The van der Waals surface area contributed by atoms with Crippen LogP contribution in [0.5, 0.6) is 0 Å². The average molecular weight is 328 g/mol. The molecule has 0 aliphatic carbocycles. The number of ether oxygens (including phenoxy) is 3. The Morgan fingerprint density at radius 2 is 2.13 bits per heavy atom. The first-order valence-electron chi connectivity index (χ1n) is 8.61. The SMILES string of the molecule is CN=C(NCCN(C)CCOC)N1CCOC(C2CCCO2)C1. The summed E-state index contributed by atoms with van der Waals surface area (Å²) in [4.78, 5) is 8.95. The minimum absolute atomic E-state index is 0.161. The van der Waals surface area contributed by atoms with Crippen LogP contribution in [0.3, 0.4) is 0 Å². The Kier molecular flexibility index (Phi) is 8.08. The highest BCUT2D eigenvalue weighted by atomic mass is 16.5. The number of nitrogens with zero attached hydrogens (tertiary/aromatic N) is 3. The Hall–Kier alpha value is -0.890. The lowest BCUT2D eigenvalue weighted by Gasteiger charge is -2.37. The van der Waals surface area contributed by atoms with E-state index in [0.29, 0.717) is 0 Å². The number of likely N-dealkylation sites (N-methyl/N-ethyl adjacent to an activating group) is 1. The van der Waals surface area contributed by atoms with Gasteiger partial charge in [-0.15, -0.1) is 0 Å². The Morgan fingerprint density at radius 3 is 2.83 bits per heavy atom. The van der Waals surface area contributed by atoms with Gasteiger partial charge in [-0.05, 0) is 19.9 Å². The molecule has 2 unspecified atom stereocenters. The number of hydrogen-bond acceptors (Lipinski definition) is 5. The van der Waals surface area contributed by atoms with Crippen molar-refractivity contribution < 1.29 is 14.2 Å². The van der Waals surface area contributed by atoms with E-state index in [1.54, 1.807) is 7.11 Å². The highest BCUT2D eigenvalue weighted by molar-refractivity contribution is 5.80. The van der Waals surface area contributed by atoms with Crippen molar-refractivity contribution in [1.82, 2.24) is 15.1 Å². The molecule has 2 atom stereocenters. The molecule has 7 nitrogen and oxygen atoms in total. The van der Waals surface area contributed by atoms with E-state index in [-0.39, 0.29) is 12.2 Å². The van der Waals surface area contributed by atoms with Crippen LogP contribution in [-0.4, -0.2) is 102 Å². The fourth-order valence-corrected chi connectivity index (χ4v) is 3.04. The largest absolute Gasteiger partial charge is 0.383 e. The number of guanidine groups is 1. The highest BCUT2D eigenvalue weighted by Gasteiger charge is 2.32. The third kappa shape index (κ3) is 5.91. The maximum atomic E-state index is 5.90. The zero-order valence-electron chi connectivity index (χ0n) is 14.8. The molecular weight excluding hydrogens is 296 g/mol. The summed E-state index contributed by atoms with van der Waals surface area (Å²) in [5, 5.41) is 3.45. The van der Waals surface area contributed by atoms with Crippen LogP contribution >= 0.6 is 0 Å². The topological polar surface area (TPSA) is 58.6 Å². The summed E-state index contributed by atoms with van der Waals surface area (Å²) < 4.78 is 16.8. The van der Waals surface area contributed by atoms with Crippen molar-refractivity contribution in [3.05, 3.63) is 0 Å². The van der Waals surface area contributed by atoms with E-state index >= 15 is 0 Å². The normalized spacial score (nSPS) is 26.1. The molecule has 7 heteroatoms. The Balaban J connectivity index is 1.74. The summed E-state index contributed by atoms with van der Waals surface area (Å²) in [5.41, 5.74) is 0. The van der Waals surface area contributed by atoms with E-state index in [4.69, 9.17) is 14.2 Å². The molecule has 0 radical (unpaired) electrons. The maximum Gasteiger partial charge on any atom is 0.193 e. The lowest BCUT2D eigenvalue weighted by Crippen LogP contribution is -2.54. The van der Waals surface area contributed by atoms with Crippen molar-refractivity contribution in [1.29, 1.82) is 0 Å². The van der Waals surface area contributed by atoms with Crippen LogP contribution in [0.4, 0.5) is 0 Å². The molecule has 0 spiro atoms. The zero-order valence-corrected chi connectivity index (χ0v) is 14.8. The molecule has 0 aromatic heterocycles. The van der Waals surface area contributed by atoms with Crippen molar-refractivity contribution in [2.75, 3.05) is 73.7 Å². The fourth-order valence-electron chi connectivity index (χ4n) is 3.04. The second kappa shape index (κ2) is 10.1. The molecule has 2 heterocycles. The molecule has 0 aromatic carbocycles. The first-order chi connectivity index (χ1) is 11.2. The fraction of sp³-hybridized carbons (Fsp3) is 0.938. The molecule has 2 rings (SSSR count). The smallest absolute Gasteiger partial charge is 0.193 e. The van der Waals surface area contributed by atoms with Crippen LogP contribution in [0.1, 0.15) is 12.8 Å². The standard InChI is InChI=1S/C16H32N4O3/c1-17-16(18-6-7-19(2)8-11-21-3)20-9-12-23-15(13-20)14-5-4-10-22-14/h14-15H,4-13H2,1-3H3,(H,17,18). The molecular formula is C16H32N4O3. The summed E-state index contributed by atoms with van der Waals surface area (Å²) in [5.74, 6) is 0.955. The van der Waals surface area contributed by atoms with Gasteiger partial charge in [-0.2, -0.15) is 0 Å². The third-order valence-electron chi connectivity index (χ3n) is 4.44. The summed E-state index contributed by atoms with van der Waals surface area (Å²) >= 11 is 0. The number of rotatable bonds is 7. The molecule has 0 bridgehead atoms. The molecule has 1 N–H and O–H groups in total. The van der Waals surface area contributed by atoms with Crippen LogP contribution in [0, 0.1) is 0 Å². The first kappa shape index (κ1) is 18.4. The molecule has 2 aliphatic rings. The minimum atomic E-state index is 0.161. The monoisotopic (exact) mass is 328 g/mol. The molecule has 2 fully saturated rings. The van der Waals surface area contributed by atoms with Gasteiger partial charge in [0.25, 0.3) is 0 Å². The zero-order chi connectivity index (χ0) is 16.5. The summed E-state index contributed by atoms with van der Waals surface area (Å²) in [6.07, 6.45) is 2.66. The van der Waals surface area contributed by atoms with Crippen LogP contribution in [0.25, 0.3) is 0 Å². The van der Waals surface area contributed by atoms with E-state index in [1.165, 1.54) is 0 Å². The van der Waals surface area contributed by atoms with Crippen molar-refractivity contribution in [3.8, 4) is 0 Å². The van der Waals surface area contributed by atoms with Gasteiger partial charge in [0, 0.05) is 53.5 Å². The van der Waals surface area contributed by atoms with Gasteiger partial charge in [0.05, 0.1) is 19.3 Å². The highest BCUT2D eigenvalue weighted by Crippen LogP contribution is 2.20. The van der Waals surface area contributed by atoms with Crippen LogP contribution < -0.4 is 5.32 Å². The number of hydrogen-bond donors (Lipinski definition) is 1. The maximum absolute atomic E-state index is 5.90. The number of aliphatic imine (C=N–C) groups is 1. The van der Waals surface area contributed by atoms with Crippen LogP contribution in [0.15, 0.2) is 4.99 Å². The van der Waals surface area contributed by atoms with Crippen molar-refractivity contribution in [3.63, 3.8) is 0 Å². The molecule has 23 heavy (non-hydrogen) atoms. The van der Waals surface area contributed by atoms with E-state index in [0.717, 1.165) is 71.3 Å². The average Bonchev–Trinajstić information content (AvgIpc) is 3.11. The predicted octanol–water partition coefficient (Wildman–Crippen LogP) is 0.0198. The van der Waals surface area contributed by atoms with E-state index in [1.807, 2.05) is 7.05 Å². The lowest BCUT2D eigenvalue weighted by atomic mass is 10.1. The van der Waals surface area contributed by atoms with E-state index < -0.39 is 0 Å². The summed E-state index contributed by atoms with van der Waals surface area (Å²) in [6, 6.07) is 0. The number of nitrogens with one attached hydrogen (secondary N) is 1. The molecule has 2 saturated heterocycles. The molecule has 0 aromatic rings. The van der Waals surface area contributed by atoms with Gasteiger partial charge >= 0.3 is 0 Å². The van der Waals surface area contributed by atoms with Gasteiger partial charge in [-0.25, -0.2) is 0 Å². The number of methoxy groups -OCH3 is 1. The Bertz CT molecular complexity index is 361. The Labute approximate surface area is 140 Å². The summed E-state index contributed by atoms with van der Waals surface area (Å²) in [7, 11) is 5.68. The third-order valence-corrected chi connectivity index (χ3v) is 4.44. The molecule has 0 saturated carbocycles. The summed E-state index contributed by atoms with van der Waals surface area (Å²) in [6.45, 7) is 6.86. The van der Waals surface area contributed by atoms with Gasteiger partial charge < -0.3 is 29.3 Å². The first-order valence-corrected chi connectivity index (χ1v) is 8.61. The van der Waals surface area contributed by atoms with Gasteiger partial charge in [0.2, 0.25) is 0 Å². The predicted molar refractivity (Wildman–Crippen MR) is 91.0 cm³/mol. The van der Waals surface area contributed by atoms with E-state index in [2.05, 4.69) is 27.2 Å². The minimum Gasteiger partial charge on any atom is -0.383 e. The molecule has 134 valence electrons. The molecule has 0 amide bonds. The second-order valence-electron chi connectivity index (χ2n) is 6.18. The Morgan fingerprint density at radius 1 is 1.30 bits per heavy atom. The quantitative estimate of drug-likeness (QED) is 0.525. The second-order valence-corrected chi connectivity index (χ2v) is 6.18. The lowest BCUT2D eigenvalue weighted by molar-refractivity contribution is -0.0817. The van der Waals surface area contributed by atoms with Crippen LogP contribution in [-0.2, 0) is 14.2 Å².